The Morgan fingerprint density at radius 2 is 2.38 bits per heavy atom. The highest BCUT2D eigenvalue weighted by molar-refractivity contribution is 6.31. The maximum absolute atomic E-state index is 8.94. The van der Waals surface area contributed by atoms with Crippen molar-refractivity contribution >= 4 is 11.6 Å². The maximum Gasteiger partial charge on any atom is 0.0621 e. The second-order valence-electron chi connectivity index (χ2n) is 2.96. The van der Waals surface area contributed by atoms with E-state index in [1.807, 2.05) is 6.07 Å². The molecule has 4 heteroatoms. The Hall–Kier alpha value is -0.640. The smallest absolute Gasteiger partial charge is 0.0621 e. The van der Waals surface area contributed by atoms with E-state index in [1.165, 1.54) is 0 Å². The van der Waals surface area contributed by atoms with Gasteiger partial charge in [0.05, 0.1) is 5.02 Å². The number of halogens is 1. The lowest BCUT2D eigenvalue weighted by Crippen LogP contribution is -2.20. The molecule has 1 aromatic heterocycles. The molecule has 1 atom stereocenters. The summed E-state index contributed by atoms with van der Waals surface area (Å²) in [5.41, 5.74) is 6.45. The van der Waals surface area contributed by atoms with Crippen LogP contribution in [0.5, 0.6) is 0 Å². The Balaban J connectivity index is 2.67. The van der Waals surface area contributed by atoms with Crippen LogP contribution in [-0.4, -0.2) is 23.2 Å². The summed E-state index contributed by atoms with van der Waals surface area (Å²) in [6.07, 6.45) is 3.99. The van der Waals surface area contributed by atoms with E-state index < -0.39 is 0 Å². The van der Waals surface area contributed by atoms with E-state index in [4.69, 9.17) is 22.4 Å². The SMILES string of the molecule is NCC(CO)Cc1ccncc1Cl. The minimum Gasteiger partial charge on any atom is -0.396 e. The van der Waals surface area contributed by atoms with E-state index in [-0.39, 0.29) is 12.5 Å². The van der Waals surface area contributed by atoms with Crippen LogP contribution in [0.15, 0.2) is 18.5 Å². The van der Waals surface area contributed by atoms with Crippen LogP contribution in [0, 0.1) is 5.92 Å². The first-order valence-electron chi connectivity index (χ1n) is 4.17. The number of hydrogen-bond acceptors (Lipinski definition) is 3. The fourth-order valence-electron chi connectivity index (χ4n) is 1.10. The number of nitrogens with two attached hydrogens (primary N) is 1. The first-order valence-corrected chi connectivity index (χ1v) is 4.55. The molecule has 0 saturated heterocycles. The van der Waals surface area contributed by atoms with Crippen molar-refractivity contribution in [1.82, 2.24) is 4.98 Å². The number of aliphatic hydroxyl groups is 1. The summed E-state index contributed by atoms with van der Waals surface area (Å²) in [7, 11) is 0. The van der Waals surface area contributed by atoms with Crippen LogP contribution in [-0.2, 0) is 6.42 Å². The highest BCUT2D eigenvalue weighted by Gasteiger charge is 2.08. The van der Waals surface area contributed by atoms with Crippen molar-refractivity contribution in [2.24, 2.45) is 11.7 Å². The normalized spacial score (nSPS) is 12.8. The third-order valence-corrected chi connectivity index (χ3v) is 2.30. The van der Waals surface area contributed by atoms with E-state index in [0.29, 0.717) is 18.0 Å². The maximum atomic E-state index is 8.94. The number of hydrogen-bond donors (Lipinski definition) is 2. The number of aromatic nitrogens is 1. The molecule has 1 unspecified atom stereocenters. The second kappa shape index (κ2) is 5.17. The topological polar surface area (TPSA) is 59.1 Å². The van der Waals surface area contributed by atoms with Gasteiger partial charge in [-0.15, -0.1) is 0 Å². The van der Waals surface area contributed by atoms with Crippen molar-refractivity contribution < 1.29 is 5.11 Å². The lowest BCUT2D eigenvalue weighted by atomic mass is 10.0. The molecular weight excluding hydrogens is 188 g/mol. The Kier molecular flexibility index (Phi) is 4.15. The molecule has 0 bridgehead atoms. The Bertz CT molecular complexity index is 264. The van der Waals surface area contributed by atoms with Crippen molar-refractivity contribution in [3.63, 3.8) is 0 Å². The predicted octanol–water partition coefficient (Wildman–Crippen LogP) is 0.845. The minimum atomic E-state index is 0.0832. The second-order valence-corrected chi connectivity index (χ2v) is 3.36. The molecule has 0 amide bonds. The highest BCUT2D eigenvalue weighted by atomic mass is 35.5. The lowest BCUT2D eigenvalue weighted by molar-refractivity contribution is 0.230. The van der Waals surface area contributed by atoms with Gasteiger partial charge >= 0.3 is 0 Å². The molecule has 0 aliphatic carbocycles. The quantitative estimate of drug-likeness (QED) is 0.758. The van der Waals surface area contributed by atoms with Gasteiger partial charge < -0.3 is 10.8 Å². The van der Waals surface area contributed by atoms with Gasteiger partial charge in [-0.3, -0.25) is 4.98 Å². The molecule has 3 nitrogen and oxygen atoms in total. The third-order valence-electron chi connectivity index (χ3n) is 1.96. The summed E-state index contributed by atoms with van der Waals surface area (Å²) in [6, 6.07) is 1.85. The predicted molar refractivity (Wildman–Crippen MR) is 52.6 cm³/mol. The van der Waals surface area contributed by atoms with E-state index in [0.717, 1.165) is 5.56 Å². The Labute approximate surface area is 82.5 Å². The van der Waals surface area contributed by atoms with Crippen molar-refractivity contribution in [3.8, 4) is 0 Å². The fourth-order valence-corrected chi connectivity index (χ4v) is 1.30. The average molecular weight is 201 g/mol. The first-order chi connectivity index (χ1) is 6.27. The molecule has 0 aliphatic heterocycles. The van der Waals surface area contributed by atoms with E-state index in [1.54, 1.807) is 12.4 Å². The minimum absolute atomic E-state index is 0.0832. The molecule has 3 N–H and O–H groups in total. The van der Waals surface area contributed by atoms with Crippen LogP contribution < -0.4 is 5.73 Å². The molecule has 72 valence electrons. The molecule has 1 heterocycles. The summed E-state index contributed by atoms with van der Waals surface area (Å²) in [4.78, 5) is 3.88. The summed E-state index contributed by atoms with van der Waals surface area (Å²) < 4.78 is 0. The van der Waals surface area contributed by atoms with Crippen LogP contribution in [0.1, 0.15) is 5.56 Å². The number of pyridine rings is 1. The van der Waals surface area contributed by atoms with Crippen molar-refractivity contribution in [3.05, 3.63) is 29.0 Å². The molecular formula is C9H13ClN2O. The van der Waals surface area contributed by atoms with Crippen LogP contribution in [0.2, 0.25) is 5.02 Å². The van der Waals surface area contributed by atoms with Crippen molar-refractivity contribution in [2.45, 2.75) is 6.42 Å². The summed E-state index contributed by atoms with van der Waals surface area (Å²) in [5.74, 6) is 0.0832. The molecule has 0 aliphatic rings. The Morgan fingerprint density at radius 3 is 2.92 bits per heavy atom. The zero-order chi connectivity index (χ0) is 9.68. The molecule has 13 heavy (non-hydrogen) atoms. The van der Waals surface area contributed by atoms with Gasteiger partial charge in [0.2, 0.25) is 0 Å². The zero-order valence-electron chi connectivity index (χ0n) is 7.28. The summed E-state index contributed by atoms with van der Waals surface area (Å²) in [5, 5.41) is 9.57. The van der Waals surface area contributed by atoms with Gasteiger partial charge in [0.15, 0.2) is 0 Å². The molecule has 1 aromatic rings. The van der Waals surface area contributed by atoms with Crippen molar-refractivity contribution in [1.29, 1.82) is 0 Å². The van der Waals surface area contributed by atoms with Gasteiger partial charge in [0.25, 0.3) is 0 Å². The van der Waals surface area contributed by atoms with Gasteiger partial charge in [-0.1, -0.05) is 11.6 Å². The molecule has 0 fully saturated rings. The molecule has 0 saturated carbocycles. The van der Waals surface area contributed by atoms with E-state index >= 15 is 0 Å². The third kappa shape index (κ3) is 2.95. The average Bonchev–Trinajstić information content (AvgIpc) is 2.17. The molecule has 0 aromatic carbocycles. The standard InChI is InChI=1S/C9H13ClN2O/c10-9-5-12-2-1-8(9)3-7(4-11)6-13/h1-2,5,7,13H,3-4,6,11H2. The molecule has 0 spiro atoms. The lowest BCUT2D eigenvalue weighted by Gasteiger charge is -2.11. The molecule has 1 rings (SSSR count). The highest BCUT2D eigenvalue weighted by Crippen LogP contribution is 2.16. The number of nitrogens with zero attached hydrogens (tertiary/aromatic N) is 1. The number of rotatable bonds is 4. The molecule has 0 radical (unpaired) electrons. The first kappa shape index (κ1) is 10.4. The van der Waals surface area contributed by atoms with Gasteiger partial charge in [0.1, 0.15) is 0 Å². The van der Waals surface area contributed by atoms with Crippen molar-refractivity contribution in [2.75, 3.05) is 13.2 Å². The summed E-state index contributed by atoms with van der Waals surface area (Å²) in [6.45, 7) is 0.560. The van der Waals surface area contributed by atoms with Gasteiger partial charge in [-0.05, 0) is 30.5 Å². The van der Waals surface area contributed by atoms with Gasteiger partial charge in [-0.2, -0.15) is 0 Å². The van der Waals surface area contributed by atoms with Crippen LogP contribution in [0.4, 0.5) is 0 Å². The largest absolute Gasteiger partial charge is 0.396 e. The van der Waals surface area contributed by atoms with Crippen LogP contribution in [0.3, 0.4) is 0 Å². The zero-order valence-corrected chi connectivity index (χ0v) is 8.04. The number of aliphatic hydroxyl groups excluding tert-OH is 1. The van der Waals surface area contributed by atoms with Crippen LogP contribution >= 0.6 is 11.6 Å². The monoisotopic (exact) mass is 200 g/mol. The van der Waals surface area contributed by atoms with E-state index in [9.17, 15) is 0 Å². The Morgan fingerprint density at radius 1 is 1.62 bits per heavy atom. The van der Waals surface area contributed by atoms with E-state index in [2.05, 4.69) is 4.98 Å². The fraction of sp³-hybridized carbons (Fsp3) is 0.444. The van der Waals surface area contributed by atoms with Crippen LogP contribution in [0.25, 0.3) is 0 Å². The van der Waals surface area contributed by atoms with Gasteiger partial charge in [0, 0.05) is 19.0 Å². The summed E-state index contributed by atoms with van der Waals surface area (Å²) >= 11 is 5.90. The van der Waals surface area contributed by atoms with Gasteiger partial charge in [-0.25, -0.2) is 0 Å².